The van der Waals surface area contributed by atoms with Gasteiger partial charge in [-0.15, -0.1) is 0 Å². The van der Waals surface area contributed by atoms with Gasteiger partial charge in [-0.1, -0.05) is 13.2 Å². The number of ether oxygens (including phenoxy) is 1. The van der Waals surface area contributed by atoms with Crippen molar-refractivity contribution in [3.63, 3.8) is 0 Å². The van der Waals surface area contributed by atoms with E-state index in [1.165, 1.54) is 0 Å². The van der Waals surface area contributed by atoms with Gasteiger partial charge >= 0.3 is 0 Å². The van der Waals surface area contributed by atoms with Gasteiger partial charge in [0, 0.05) is 24.1 Å². The van der Waals surface area contributed by atoms with Crippen LogP contribution in [0.2, 0.25) is 0 Å². The fourth-order valence-corrected chi connectivity index (χ4v) is 1.53. The summed E-state index contributed by atoms with van der Waals surface area (Å²) in [4.78, 5) is 0. The van der Waals surface area contributed by atoms with Crippen LogP contribution in [-0.4, -0.2) is 36.5 Å². The molecule has 0 atom stereocenters. The molecule has 0 aromatic carbocycles. The lowest BCUT2D eigenvalue weighted by atomic mass is 10.3. The molecule has 0 unspecified atom stereocenters. The van der Waals surface area contributed by atoms with Crippen LogP contribution in [0.3, 0.4) is 0 Å². The molecule has 100 valence electrons. The minimum atomic E-state index is 0.659. The lowest BCUT2D eigenvalue weighted by Gasteiger charge is -2.07. The van der Waals surface area contributed by atoms with Crippen LogP contribution in [0.1, 0.15) is 12.8 Å². The number of aromatic amines is 1. The number of nitrogens with one attached hydrogen (secondary N) is 2. The highest BCUT2D eigenvalue weighted by atomic mass is 16.5. The summed E-state index contributed by atoms with van der Waals surface area (Å²) in [5.41, 5.74) is 6.31. The van der Waals surface area contributed by atoms with Crippen LogP contribution in [0, 0.1) is 0 Å². The van der Waals surface area contributed by atoms with Crippen LogP contribution in [0.5, 0.6) is 0 Å². The number of aromatic nitrogens is 2. The fourth-order valence-electron chi connectivity index (χ4n) is 1.53. The molecule has 18 heavy (non-hydrogen) atoms. The van der Waals surface area contributed by atoms with E-state index in [0.29, 0.717) is 6.61 Å². The lowest BCUT2D eigenvalue weighted by molar-refractivity contribution is 0.135. The summed E-state index contributed by atoms with van der Waals surface area (Å²) in [5, 5.41) is 11.7. The van der Waals surface area contributed by atoms with Crippen LogP contribution < -0.4 is 21.6 Å². The number of unbranched alkanes of at least 4 members (excludes halogenated alkanes) is 1. The van der Waals surface area contributed by atoms with Crippen molar-refractivity contribution in [2.45, 2.75) is 12.8 Å². The molecule has 0 spiro atoms. The minimum Gasteiger partial charge on any atom is -0.382 e. The normalized spacial score (nSPS) is 12.3. The first kappa shape index (κ1) is 14.5. The third kappa shape index (κ3) is 4.73. The molecule has 0 radical (unpaired) electrons. The van der Waals surface area contributed by atoms with Gasteiger partial charge in [0.15, 0.2) is 0 Å². The maximum Gasteiger partial charge on any atom is 0.0639 e. The van der Waals surface area contributed by atoms with Crippen molar-refractivity contribution in [1.29, 1.82) is 0 Å². The van der Waals surface area contributed by atoms with Gasteiger partial charge in [0.2, 0.25) is 0 Å². The molecule has 0 aliphatic heterocycles. The highest BCUT2D eigenvalue weighted by molar-refractivity contribution is 5.52. The SMILES string of the molecule is C=C/C(NCCOCCCCN)=c1/cn[nH]c1=C. The number of hydrogen-bond donors (Lipinski definition) is 3. The summed E-state index contributed by atoms with van der Waals surface area (Å²) in [6, 6.07) is 0. The van der Waals surface area contributed by atoms with Crippen LogP contribution >= 0.6 is 0 Å². The second kappa shape index (κ2) is 8.49. The monoisotopic (exact) mass is 250 g/mol. The van der Waals surface area contributed by atoms with Gasteiger partial charge in [-0.05, 0) is 25.5 Å². The molecular formula is C13H22N4O. The number of hydrogen-bond acceptors (Lipinski definition) is 4. The molecule has 5 nitrogen and oxygen atoms in total. The van der Waals surface area contributed by atoms with Gasteiger partial charge in [0.1, 0.15) is 0 Å². The van der Waals surface area contributed by atoms with E-state index in [1.807, 2.05) is 0 Å². The number of rotatable bonds is 9. The molecule has 0 aliphatic rings. The van der Waals surface area contributed by atoms with Gasteiger partial charge in [0.25, 0.3) is 0 Å². The molecule has 0 saturated heterocycles. The van der Waals surface area contributed by atoms with Crippen LogP contribution in [-0.2, 0) is 4.74 Å². The van der Waals surface area contributed by atoms with E-state index in [1.54, 1.807) is 12.3 Å². The Morgan fingerprint density at radius 3 is 2.94 bits per heavy atom. The standard InChI is InChI=1S/C13H22N4O/c1-3-13(12-10-16-17-11(12)2)15-7-9-18-8-5-4-6-14/h3,10,15,17H,1-2,4-9,14H2/b13-12+. The van der Waals surface area contributed by atoms with Crippen molar-refractivity contribution >= 4 is 12.3 Å². The number of nitrogens with two attached hydrogens (primary N) is 1. The van der Waals surface area contributed by atoms with E-state index in [9.17, 15) is 0 Å². The molecule has 1 rings (SSSR count). The Kier molecular flexibility index (Phi) is 6.83. The van der Waals surface area contributed by atoms with E-state index >= 15 is 0 Å². The average molecular weight is 250 g/mol. The zero-order chi connectivity index (χ0) is 13.2. The van der Waals surface area contributed by atoms with E-state index in [2.05, 4.69) is 28.7 Å². The van der Waals surface area contributed by atoms with Crippen LogP contribution in [0.15, 0.2) is 18.9 Å². The van der Waals surface area contributed by atoms with Crippen molar-refractivity contribution in [2.75, 3.05) is 26.3 Å². The summed E-state index contributed by atoms with van der Waals surface area (Å²) < 4.78 is 5.47. The van der Waals surface area contributed by atoms with Gasteiger partial charge in [-0.3, -0.25) is 5.10 Å². The first-order valence-corrected chi connectivity index (χ1v) is 6.16. The quantitative estimate of drug-likeness (QED) is 0.515. The van der Waals surface area contributed by atoms with Crippen molar-refractivity contribution in [2.24, 2.45) is 5.73 Å². The van der Waals surface area contributed by atoms with E-state index < -0.39 is 0 Å². The van der Waals surface area contributed by atoms with E-state index in [-0.39, 0.29) is 0 Å². The predicted molar refractivity (Wildman–Crippen MR) is 74.1 cm³/mol. The molecule has 0 fully saturated rings. The zero-order valence-electron chi connectivity index (χ0n) is 10.7. The van der Waals surface area contributed by atoms with E-state index in [4.69, 9.17) is 10.5 Å². The molecule has 1 heterocycles. The molecule has 4 N–H and O–H groups in total. The largest absolute Gasteiger partial charge is 0.382 e. The molecule has 0 aliphatic carbocycles. The Morgan fingerprint density at radius 2 is 2.33 bits per heavy atom. The summed E-state index contributed by atoms with van der Waals surface area (Å²) in [6.45, 7) is 10.5. The molecule has 0 amide bonds. The average Bonchev–Trinajstić information content (AvgIpc) is 2.79. The third-order valence-electron chi connectivity index (χ3n) is 2.52. The first-order valence-electron chi connectivity index (χ1n) is 6.16. The topological polar surface area (TPSA) is 76.0 Å². The third-order valence-corrected chi connectivity index (χ3v) is 2.52. The predicted octanol–water partition coefficient (Wildman–Crippen LogP) is -0.541. The van der Waals surface area contributed by atoms with Gasteiger partial charge in [-0.2, -0.15) is 5.10 Å². The molecule has 1 aromatic heterocycles. The van der Waals surface area contributed by atoms with E-state index in [0.717, 1.165) is 48.8 Å². The smallest absolute Gasteiger partial charge is 0.0639 e. The maximum atomic E-state index is 5.47. The molecule has 1 aromatic rings. The Bertz CT molecular complexity index is 452. The molecule has 5 heteroatoms. The van der Waals surface area contributed by atoms with Crippen molar-refractivity contribution < 1.29 is 4.74 Å². The van der Waals surface area contributed by atoms with Gasteiger partial charge < -0.3 is 15.8 Å². The number of H-pyrrole nitrogens is 1. The molecule has 0 bridgehead atoms. The second-order valence-corrected chi connectivity index (χ2v) is 3.91. The van der Waals surface area contributed by atoms with Crippen molar-refractivity contribution in [1.82, 2.24) is 15.5 Å². The lowest BCUT2D eigenvalue weighted by Crippen LogP contribution is -2.30. The Balaban J connectivity index is 2.32. The fraction of sp³-hybridized carbons (Fsp3) is 0.462. The highest BCUT2D eigenvalue weighted by Gasteiger charge is 1.95. The van der Waals surface area contributed by atoms with Gasteiger partial charge in [0.05, 0.1) is 18.2 Å². The van der Waals surface area contributed by atoms with Crippen LogP contribution in [0.4, 0.5) is 0 Å². The Hall–Kier alpha value is -1.59. The Labute approximate surface area is 107 Å². The maximum absolute atomic E-state index is 5.47. The number of nitrogens with zero attached hydrogens (tertiary/aromatic N) is 1. The zero-order valence-corrected chi connectivity index (χ0v) is 10.7. The molecule has 0 saturated carbocycles. The highest BCUT2D eigenvalue weighted by Crippen LogP contribution is 1.89. The summed E-state index contributed by atoms with van der Waals surface area (Å²) >= 11 is 0. The van der Waals surface area contributed by atoms with Crippen molar-refractivity contribution in [3.8, 4) is 0 Å². The molecular weight excluding hydrogens is 228 g/mol. The van der Waals surface area contributed by atoms with Crippen LogP contribution in [0.25, 0.3) is 12.3 Å². The summed E-state index contributed by atoms with van der Waals surface area (Å²) in [6.07, 6.45) is 5.51. The minimum absolute atomic E-state index is 0.659. The summed E-state index contributed by atoms with van der Waals surface area (Å²) in [7, 11) is 0. The first-order chi connectivity index (χ1) is 8.79. The van der Waals surface area contributed by atoms with Gasteiger partial charge in [-0.25, -0.2) is 0 Å². The Morgan fingerprint density at radius 1 is 1.50 bits per heavy atom. The van der Waals surface area contributed by atoms with Crippen molar-refractivity contribution in [3.05, 3.63) is 29.4 Å². The summed E-state index contributed by atoms with van der Waals surface area (Å²) in [5.74, 6) is 0. The second-order valence-electron chi connectivity index (χ2n) is 3.91.